The Bertz CT molecular complexity index is 275. The Kier molecular flexibility index (Phi) is 4.41. The molecule has 0 aliphatic carbocycles. The minimum Gasteiger partial charge on any atom is -0.324 e. The highest BCUT2D eigenvalue weighted by Crippen LogP contribution is 2.06. The molecule has 0 heterocycles. The van der Waals surface area contributed by atoms with Crippen LogP contribution in [0.1, 0.15) is 25.8 Å². The molecule has 0 saturated carbocycles. The van der Waals surface area contributed by atoms with Crippen LogP contribution in [0.5, 0.6) is 0 Å². The molecule has 1 nitrogen and oxygen atoms in total. The van der Waals surface area contributed by atoms with Crippen molar-refractivity contribution < 1.29 is 0 Å². The Morgan fingerprint density at radius 2 is 1.86 bits per heavy atom. The van der Waals surface area contributed by atoms with Gasteiger partial charge in [0.15, 0.2) is 0 Å². The van der Waals surface area contributed by atoms with Gasteiger partial charge >= 0.3 is 0 Å². The van der Waals surface area contributed by atoms with E-state index < -0.39 is 0 Å². The molecule has 0 amide bonds. The maximum atomic E-state index is 5.94. The molecule has 0 fully saturated rings. The molecule has 0 aliphatic heterocycles. The predicted octanol–water partition coefficient (Wildman–Crippen LogP) is 3.07. The lowest BCUT2D eigenvalue weighted by molar-refractivity contribution is 0.547. The van der Waals surface area contributed by atoms with Crippen LogP contribution in [0.15, 0.2) is 36.4 Å². The van der Waals surface area contributed by atoms with Gasteiger partial charge in [-0.2, -0.15) is 0 Å². The SMILES string of the molecule is CC(C)C[C@H](N)C=Cc1ccccc1. The zero-order valence-corrected chi connectivity index (χ0v) is 8.98. The van der Waals surface area contributed by atoms with Crippen molar-refractivity contribution in [2.24, 2.45) is 11.7 Å². The van der Waals surface area contributed by atoms with Crippen molar-refractivity contribution in [3.05, 3.63) is 42.0 Å². The minimum absolute atomic E-state index is 0.176. The Labute approximate surface area is 86.6 Å². The predicted molar refractivity (Wildman–Crippen MR) is 62.9 cm³/mol. The van der Waals surface area contributed by atoms with Crippen LogP contribution in [0.3, 0.4) is 0 Å². The van der Waals surface area contributed by atoms with Gasteiger partial charge in [0, 0.05) is 6.04 Å². The molecule has 0 aliphatic rings. The zero-order chi connectivity index (χ0) is 10.4. The van der Waals surface area contributed by atoms with Crippen LogP contribution in [0.4, 0.5) is 0 Å². The summed E-state index contributed by atoms with van der Waals surface area (Å²) in [7, 11) is 0. The maximum absolute atomic E-state index is 5.94. The van der Waals surface area contributed by atoms with E-state index in [-0.39, 0.29) is 6.04 Å². The first kappa shape index (κ1) is 11.0. The van der Waals surface area contributed by atoms with Gasteiger partial charge in [0.1, 0.15) is 0 Å². The fraction of sp³-hybridized carbons (Fsp3) is 0.385. The Balaban J connectivity index is 2.48. The van der Waals surface area contributed by atoms with E-state index >= 15 is 0 Å². The van der Waals surface area contributed by atoms with Gasteiger partial charge in [-0.15, -0.1) is 0 Å². The molecular weight excluding hydrogens is 170 g/mol. The average Bonchev–Trinajstić information content (AvgIpc) is 2.15. The van der Waals surface area contributed by atoms with Crippen molar-refractivity contribution in [3.63, 3.8) is 0 Å². The first-order chi connectivity index (χ1) is 6.68. The molecule has 0 unspecified atom stereocenters. The van der Waals surface area contributed by atoms with Crippen molar-refractivity contribution in [1.29, 1.82) is 0 Å². The van der Waals surface area contributed by atoms with Gasteiger partial charge in [0.2, 0.25) is 0 Å². The van der Waals surface area contributed by atoms with Gasteiger partial charge in [-0.1, -0.05) is 56.3 Å². The Morgan fingerprint density at radius 1 is 1.21 bits per heavy atom. The first-order valence-corrected chi connectivity index (χ1v) is 5.17. The molecule has 1 heteroatoms. The first-order valence-electron chi connectivity index (χ1n) is 5.17. The summed E-state index contributed by atoms with van der Waals surface area (Å²) in [6, 6.07) is 10.4. The number of rotatable bonds is 4. The molecule has 0 bridgehead atoms. The van der Waals surface area contributed by atoms with E-state index in [1.165, 1.54) is 5.56 Å². The Hall–Kier alpha value is -1.08. The van der Waals surface area contributed by atoms with Crippen molar-refractivity contribution >= 4 is 6.08 Å². The molecule has 14 heavy (non-hydrogen) atoms. The molecule has 1 rings (SSSR count). The average molecular weight is 189 g/mol. The van der Waals surface area contributed by atoms with Crippen LogP contribution in [0.25, 0.3) is 6.08 Å². The van der Waals surface area contributed by atoms with E-state index in [0.717, 1.165) is 6.42 Å². The summed E-state index contributed by atoms with van der Waals surface area (Å²) in [5.41, 5.74) is 7.15. The van der Waals surface area contributed by atoms with E-state index in [2.05, 4.69) is 38.1 Å². The normalized spacial score (nSPS) is 13.7. The van der Waals surface area contributed by atoms with Crippen LogP contribution < -0.4 is 5.73 Å². The quantitative estimate of drug-likeness (QED) is 0.774. The smallest absolute Gasteiger partial charge is 0.0229 e. The van der Waals surface area contributed by atoms with Crippen LogP contribution in [0, 0.1) is 5.92 Å². The van der Waals surface area contributed by atoms with E-state index in [0.29, 0.717) is 5.92 Å². The van der Waals surface area contributed by atoms with Gasteiger partial charge < -0.3 is 5.73 Å². The summed E-state index contributed by atoms with van der Waals surface area (Å²) in [5.74, 6) is 0.658. The second kappa shape index (κ2) is 5.61. The molecule has 0 spiro atoms. The van der Waals surface area contributed by atoms with E-state index in [1.807, 2.05) is 18.2 Å². The highest BCUT2D eigenvalue weighted by atomic mass is 14.6. The summed E-state index contributed by atoms with van der Waals surface area (Å²) in [4.78, 5) is 0. The second-order valence-electron chi connectivity index (χ2n) is 4.06. The van der Waals surface area contributed by atoms with Crippen LogP contribution in [-0.2, 0) is 0 Å². The minimum atomic E-state index is 0.176. The van der Waals surface area contributed by atoms with Crippen molar-refractivity contribution in [2.75, 3.05) is 0 Å². The highest BCUT2D eigenvalue weighted by molar-refractivity contribution is 5.49. The van der Waals surface area contributed by atoms with E-state index in [1.54, 1.807) is 0 Å². The molecule has 0 saturated heterocycles. The van der Waals surface area contributed by atoms with Gasteiger partial charge in [-0.05, 0) is 17.9 Å². The maximum Gasteiger partial charge on any atom is 0.0229 e. The van der Waals surface area contributed by atoms with Crippen molar-refractivity contribution in [2.45, 2.75) is 26.3 Å². The summed E-state index contributed by atoms with van der Waals surface area (Å²) >= 11 is 0. The van der Waals surface area contributed by atoms with Crippen LogP contribution >= 0.6 is 0 Å². The molecule has 1 atom stereocenters. The molecule has 1 aromatic carbocycles. The standard InChI is InChI=1S/C13H19N/c1-11(2)10-13(14)9-8-12-6-4-3-5-7-12/h3-9,11,13H,10,14H2,1-2H3/t13-/m1/s1. The lowest BCUT2D eigenvalue weighted by Gasteiger charge is -2.08. The summed E-state index contributed by atoms with van der Waals surface area (Å²) in [5, 5.41) is 0. The monoisotopic (exact) mass is 189 g/mol. The largest absolute Gasteiger partial charge is 0.324 e. The topological polar surface area (TPSA) is 26.0 Å². The van der Waals surface area contributed by atoms with Gasteiger partial charge in [0.25, 0.3) is 0 Å². The molecule has 0 radical (unpaired) electrons. The van der Waals surface area contributed by atoms with Gasteiger partial charge in [-0.3, -0.25) is 0 Å². The number of nitrogens with two attached hydrogens (primary N) is 1. The van der Waals surface area contributed by atoms with Gasteiger partial charge in [0.05, 0.1) is 0 Å². The third-order valence-corrected chi connectivity index (χ3v) is 2.08. The third kappa shape index (κ3) is 4.24. The molecule has 0 aromatic heterocycles. The highest BCUT2D eigenvalue weighted by Gasteiger charge is 2.00. The molecular formula is C13H19N. The molecule has 2 N–H and O–H groups in total. The van der Waals surface area contributed by atoms with Crippen molar-refractivity contribution in [1.82, 2.24) is 0 Å². The summed E-state index contributed by atoms with van der Waals surface area (Å²) in [6.45, 7) is 4.38. The number of hydrogen-bond acceptors (Lipinski definition) is 1. The summed E-state index contributed by atoms with van der Waals surface area (Å²) in [6.07, 6.45) is 5.21. The number of benzene rings is 1. The van der Waals surface area contributed by atoms with Crippen LogP contribution in [0.2, 0.25) is 0 Å². The van der Waals surface area contributed by atoms with E-state index in [4.69, 9.17) is 5.73 Å². The zero-order valence-electron chi connectivity index (χ0n) is 8.98. The molecule has 1 aromatic rings. The number of hydrogen-bond donors (Lipinski definition) is 1. The van der Waals surface area contributed by atoms with E-state index in [9.17, 15) is 0 Å². The lowest BCUT2D eigenvalue weighted by atomic mass is 10.0. The third-order valence-electron chi connectivity index (χ3n) is 2.08. The fourth-order valence-corrected chi connectivity index (χ4v) is 1.42. The summed E-state index contributed by atoms with van der Waals surface area (Å²) < 4.78 is 0. The fourth-order valence-electron chi connectivity index (χ4n) is 1.42. The second-order valence-corrected chi connectivity index (χ2v) is 4.06. The van der Waals surface area contributed by atoms with Gasteiger partial charge in [-0.25, -0.2) is 0 Å². The van der Waals surface area contributed by atoms with Crippen molar-refractivity contribution in [3.8, 4) is 0 Å². The van der Waals surface area contributed by atoms with Crippen LogP contribution in [-0.4, -0.2) is 6.04 Å². The lowest BCUT2D eigenvalue weighted by Crippen LogP contribution is -2.18. The Morgan fingerprint density at radius 3 is 2.43 bits per heavy atom. The molecule has 76 valence electrons.